The second kappa shape index (κ2) is 7.66. The van der Waals surface area contributed by atoms with Gasteiger partial charge in [-0.15, -0.1) is 0 Å². The van der Waals surface area contributed by atoms with Crippen LogP contribution >= 0.6 is 0 Å². The summed E-state index contributed by atoms with van der Waals surface area (Å²) in [4.78, 5) is 4.86. The van der Waals surface area contributed by atoms with Gasteiger partial charge in [-0.3, -0.25) is 0 Å². The van der Waals surface area contributed by atoms with E-state index < -0.39 is 17.7 Å². The van der Waals surface area contributed by atoms with E-state index in [0.29, 0.717) is 16.8 Å². The number of benzene rings is 2. The van der Waals surface area contributed by atoms with Gasteiger partial charge in [0.15, 0.2) is 5.70 Å². The van der Waals surface area contributed by atoms with Crippen LogP contribution in [0.4, 0.5) is 18.9 Å². The maximum Gasteiger partial charge on any atom is 0.416 e. The average molecular weight is 405 g/mol. The van der Waals surface area contributed by atoms with E-state index in [1.165, 1.54) is 17.0 Å². The van der Waals surface area contributed by atoms with Crippen molar-refractivity contribution in [2.75, 3.05) is 4.90 Å². The Bertz CT molecular complexity index is 1150. The normalized spacial score (nSPS) is 16.7. The van der Waals surface area contributed by atoms with Crippen LogP contribution in [0.15, 0.2) is 71.3 Å². The molecule has 0 saturated heterocycles. The summed E-state index contributed by atoms with van der Waals surface area (Å²) in [5, 5.41) is 18.8. The van der Waals surface area contributed by atoms with Gasteiger partial charge in [-0.05, 0) is 42.8 Å². The SMILES string of the molecule is [C-]#[N+]C1=C(C)N(c2cccc(C(F)(F)F)c2)C(N)=C(C#N)C1c1ccc(C#N)cc1. The molecule has 5 nitrogen and oxygen atoms in total. The molecule has 2 N–H and O–H groups in total. The van der Waals surface area contributed by atoms with Crippen LogP contribution in [-0.2, 0) is 6.18 Å². The molecule has 1 heterocycles. The number of anilines is 1. The minimum atomic E-state index is -4.55. The molecule has 2 aromatic rings. The van der Waals surface area contributed by atoms with E-state index in [1.807, 2.05) is 12.1 Å². The van der Waals surface area contributed by atoms with Crippen molar-refractivity contribution in [1.82, 2.24) is 0 Å². The van der Waals surface area contributed by atoms with Crippen LogP contribution in [0.25, 0.3) is 4.85 Å². The van der Waals surface area contributed by atoms with Gasteiger partial charge < -0.3 is 10.6 Å². The third kappa shape index (κ3) is 3.45. The van der Waals surface area contributed by atoms with Crippen LogP contribution in [0.2, 0.25) is 0 Å². The topological polar surface area (TPSA) is 81.2 Å². The van der Waals surface area contributed by atoms with Crippen molar-refractivity contribution < 1.29 is 13.2 Å². The Morgan fingerprint density at radius 1 is 1.10 bits per heavy atom. The summed E-state index contributed by atoms with van der Waals surface area (Å²) >= 11 is 0. The molecular weight excluding hydrogens is 391 g/mol. The highest BCUT2D eigenvalue weighted by Gasteiger charge is 2.36. The van der Waals surface area contributed by atoms with Gasteiger partial charge in [-0.1, -0.05) is 18.2 Å². The van der Waals surface area contributed by atoms with E-state index in [9.17, 15) is 18.4 Å². The van der Waals surface area contributed by atoms with Gasteiger partial charge in [0, 0.05) is 11.4 Å². The number of rotatable bonds is 2. The molecule has 0 amide bonds. The van der Waals surface area contributed by atoms with Gasteiger partial charge in [0.05, 0.1) is 41.3 Å². The molecule has 0 bridgehead atoms. The third-order valence-corrected chi connectivity index (χ3v) is 4.83. The summed E-state index contributed by atoms with van der Waals surface area (Å²) in [5.41, 5.74) is 7.02. The fraction of sp³-hybridized carbons (Fsp3) is 0.136. The maximum absolute atomic E-state index is 13.2. The molecule has 1 unspecified atom stereocenters. The number of hydrogen-bond donors (Lipinski definition) is 1. The van der Waals surface area contributed by atoms with Crippen LogP contribution in [0.3, 0.4) is 0 Å². The second-order valence-corrected chi connectivity index (χ2v) is 6.54. The first-order valence-electron chi connectivity index (χ1n) is 8.68. The van der Waals surface area contributed by atoms with E-state index in [0.717, 1.165) is 12.1 Å². The highest BCUT2D eigenvalue weighted by atomic mass is 19.4. The average Bonchev–Trinajstić information content (AvgIpc) is 2.73. The van der Waals surface area contributed by atoms with Crippen LogP contribution < -0.4 is 10.6 Å². The fourth-order valence-corrected chi connectivity index (χ4v) is 3.41. The number of hydrogen-bond acceptors (Lipinski definition) is 4. The molecular formula is C22H14F3N5. The molecule has 2 aromatic carbocycles. The molecule has 0 fully saturated rings. The van der Waals surface area contributed by atoms with E-state index >= 15 is 0 Å². The molecule has 0 saturated carbocycles. The van der Waals surface area contributed by atoms with Gasteiger partial charge in [0.1, 0.15) is 5.82 Å². The predicted octanol–water partition coefficient (Wildman–Crippen LogP) is 5.03. The molecule has 0 aliphatic carbocycles. The molecule has 30 heavy (non-hydrogen) atoms. The van der Waals surface area contributed by atoms with Gasteiger partial charge in [-0.25, -0.2) is 4.85 Å². The Balaban J connectivity index is 2.20. The van der Waals surface area contributed by atoms with Crippen molar-refractivity contribution >= 4 is 5.69 Å². The van der Waals surface area contributed by atoms with E-state index in [-0.39, 0.29) is 22.8 Å². The minimum absolute atomic E-state index is 0.0453. The van der Waals surface area contributed by atoms with Crippen molar-refractivity contribution in [3.63, 3.8) is 0 Å². The monoisotopic (exact) mass is 405 g/mol. The maximum atomic E-state index is 13.2. The second-order valence-electron chi connectivity index (χ2n) is 6.54. The van der Waals surface area contributed by atoms with Gasteiger partial charge in [-0.2, -0.15) is 23.7 Å². The molecule has 0 radical (unpaired) electrons. The molecule has 1 atom stereocenters. The summed E-state index contributed by atoms with van der Waals surface area (Å²) < 4.78 is 39.5. The predicted molar refractivity (Wildman–Crippen MR) is 104 cm³/mol. The first-order chi connectivity index (χ1) is 14.2. The van der Waals surface area contributed by atoms with Gasteiger partial charge in [0.25, 0.3) is 0 Å². The number of halogens is 3. The largest absolute Gasteiger partial charge is 0.416 e. The van der Waals surface area contributed by atoms with Crippen LogP contribution in [0, 0.1) is 29.2 Å². The molecule has 1 aliphatic rings. The summed E-state index contributed by atoms with van der Waals surface area (Å²) in [5.74, 6) is -0.821. The smallest absolute Gasteiger partial charge is 0.384 e. The first kappa shape index (κ1) is 20.5. The Labute approximate surface area is 171 Å². The molecule has 148 valence electrons. The number of nitrogens with zero attached hydrogens (tertiary/aromatic N) is 4. The fourth-order valence-electron chi connectivity index (χ4n) is 3.41. The molecule has 8 heteroatoms. The standard InChI is InChI=1S/C22H14F3N5/c1-13-20(29-2)19(15-8-6-14(11-26)7-9-15)18(12-27)21(28)30(13)17-5-3-4-16(10-17)22(23,24)25/h3-10,19H,28H2,1H3. The zero-order chi connectivity index (χ0) is 22.1. The van der Waals surface area contributed by atoms with Crippen molar-refractivity contribution in [1.29, 1.82) is 10.5 Å². The third-order valence-electron chi connectivity index (χ3n) is 4.83. The first-order valence-corrected chi connectivity index (χ1v) is 8.68. The Morgan fingerprint density at radius 2 is 1.77 bits per heavy atom. The van der Waals surface area contributed by atoms with E-state index in [1.54, 1.807) is 31.2 Å². The van der Waals surface area contributed by atoms with Crippen LogP contribution in [-0.4, -0.2) is 0 Å². The number of alkyl halides is 3. The molecule has 3 rings (SSSR count). The summed E-state index contributed by atoms with van der Waals surface area (Å²) in [6.07, 6.45) is -4.55. The van der Waals surface area contributed by atoms with E-state index in [2.05, 4.69) is 4.85 Å². The lowest BCUT2D eigenvalue weighted by Gasteiger charge is -2.35. The Hall–Kier alpha value is -4.22. The Morgan fingerprint density at radius 3 is 2.30 bits per heavy atom. The van der Waals surface area contributed by atoms with Crippen LogP contribution in [0.1, 0.15) is 29.5 Å². The summed E-state index contributed by atoms with van der Waals surface area (Å²) in [6.45, 7) is 9.22. The van der Waals surface area contributed by atoms with Crippen molar-refractivity contribution in [2.24, 2.45) is 5.73 Å². The van der Waals surface area contributed by atoms with Crippen molar-refractivity contribution in [3.05, 3.63) is 99.4 Å². The number of nitriles is 2. The zero-order valence-electron chi connectivity index (χ0n) is 15.7. The highest BCUT2D eigenvalue weighted by Crippen LogP contribution is 2.43. The van der Waals surface area contributed by atoms with Crippen LogP contribution in [0.5, 0.6) is 0 Å². The highest BCUT2D eigenvalue weighted by molar-refractivity contribution is 5.67. The summed E-state index contributed by atoms with van der Waals surface area (Å²) in [6, 6.07) is 14.9. The number of allylic oxidation sites excluding steroid dienone is 2. The zero-order valence-corrected chi connectivity index (χ0v) is 15.7. The number of nitrogens with two attached hydrogens (primary N) is 1. The lowest BCUT2D eigenvalue weighted by atomic mass is 9.85. The van der Waals surface area contributed by atoms with Crippen molar-refractivity contribution in [3.8, 4) is 12.1 Å². The molecule has 0 aromatic heterocycles. The van der Waals surface area contributed by atoms with Gasteiger partial charge >= 0.3 is 6.18 Å². The lowest BCUT2D eigenvalue weighted by molar-refractivity contribution is -0.137. The lowest BCUT2D eigenvalue weighted by Crippen LogP contribution is -2.34. The minimum Gasteiger partial charge on any atom is -0.384 e. The van der Waals surface area contributed by atoms with E-state index in [4.69, 9.17) is 17.6 Å². The van der Waals surface area contributed by atoms with Gasteiger partial charge in [0.2, 0.25) is 0 Å². The summed E-state index contributed by atoms with van der Waals surface area (Å²) in [7, 11) is 0. The van der Waals surface area contributed by atoms with Crippen molar-refractivity contribution in [2.45, 2.75) is 19.0 Å². The molecule has 0 spiro atoms. The Kier molecular flexibility index (Phi) is 5.24. The molecule has 1 aliphatic heterocycles. The quantitative estimate of drug-likeness (QED) is 0.711.